The highest BCUT2D eigenvalue weighted by atomic mass is 16.2. The van der Waals surface area contributed by atoms with Crippen LogP contribution in [-0.4, -0.2) is 34.7 Å². The lowest BCUT2D eigenvalue weighted by Gasteiger charge is -2.24. The number of nitrogens with one attached hydrogen (secondary N) is 1. The minimum atomic E-state index is -0.145. The van der Waals surface area contributed by atoms with E-state index in [1.165, 1.54) is 4.90 Å². The predicted molar refractivity (Wildman–Crippen MR) is 48.6 cm³/mol. The van der Waals surface area contributed by atoms with E-state index >= 15 is 0 Å². The normalized spacial score (nSPS) is 17.1. The molecule has 6 nitrogen and oxygen atoms in total. The Labute approximate surface area is 80.5 Å². The Balaban J connectivity index is 2.24. The fourth-order valence-corrected chi connectivity index (χ4v) is 1.34. The van der Waals surface area contributed by atoms with Gasteiger partial charge in [-0.15, -0.1) is 0 Å². The summed E-state index contributed by atoms with van der Waals surface area (Å²) in [5.74, 6) is -0.258. The maximum atomic E-state index is 11.4. The Kier molecular flexibility index (Phi) is 1.95. The quantitative estimate of drug-likeness (QED) is 0.616. The molecule has 74 valence electrons. The van der Waals surface area contributed by atoms with Crippen LogP contribution in [0.4, 0.5) is 5.69 Å². The van der Waals surface area contributed by atoms with Gasteiger partial charge in [-0.25, -0.2) is 0 Å². The van der Waals surface area contributed by atoms with Gasteiger partial charge in [0.15, 0.2) is 0 Å². The second-order valence-corrected chi connectivity index (χ2v) is 3.13. The molecule has 2 amide bonds. The fourth-order valence-electron chi connectivity index (χ4n) is 1.34. The van der Waals surface area contributed by atoms with Crippen LogP contribution >= 0.6 is 0 Å². The highest BCUT2D eigenvalue weighted by Gasteiger charge is 2.24. The lowest BCUT2D eigenvalue weighted by atomic mass is 10.3. The molecule has 1 aliphatic rings. The lowest BCUT2D eigenvalue weighted by molar-refractivity contribution is -0.128. The van der Waals surface area contributed by atoms with Crippen LogP contribution in [0.2, 0.25) is 0 Å². The monoisotopic (exact) mass is 194 g/mol. The summed E-state index contributed by atoms with van der Waals surface area (Å²) in [6, 6.07) is 0. The summed E-state index contributed by atoms with van der Waals surface area (Å²) in [5.41, 5.74) is 0.660. The largest absolute Gasteiger partial charge is 0.345 e. The molecule has 0 bridgehead atoms. The van der Waals surface area contributed by atoms with Gasteiger partial charge in [-0.05, 0) is 0 Å². The topological polar surface area (TPSA) is 67.2 Å². The first-order chi connectivity index (χ1) is 6.66. The van der Waals surface area contributed by atoms with Gasteiger partial charge in [0.2, 0.25) is 11.8 Å². The number of nitrogens with zero attached hydrogens (tertiary/aromatic N) is 3. The summed E-state index contributed by atoms with van der Waals surface area (Å²) in [6.45, 7) is 0.137. The van der Waals surface area contributed by atoms with Gasteiger partial charge in [-0.2, -0.15) is 5.10 Å². The van der Waals surface area contributed by atoms with Gasteiger partial charge in [0.05, 0.1) is 18.4 Å². The third-order valence-electron chi connectivity index (χ3n) is 2.04. The molecule has 0 radical (unpaired) electrons. The van der Waals surface area contributed by atoms with Gasteiger partial charge in [-0.3, -0.25) is 19.2 Å². The number of carbonyl (C=O) groups is 2. The van der Waals surface area contributed by atoms with Gasteiger partial charge in [0.1, 0.15) is 6.54 Å². The van der Waals surface area contributed by atoms with Crippen LogP contribution in [0.15, 0.2) is 12.4 Å². The number of anilines is 1. The zero-order valence-corrected chi connectivity index (χ0v) is 7.73. The smallest absolute Gasteiger partial charge is 0.246 e. The summed E-state index contributed by atoms with van der Waals surface area (Å²) in [7, 11) is 1.76. The molecule has 0 saturated carbocycles. The maximum Gasteiger partial charge on any atom is 0.246 e. The molecule has 2 heterocycles. The van der Waals surface area contributed by atoms with Crippen LogP contribution in [0.3, 0.4) is 0 Å². The van der Waals surface area contributed by atoms with Crippen molar-refractivity contribution in [3.63, 3.8) is 0 Å². The van der Waals surface area contributed by atoms with Crippen molar-refractivity contribution in [1.29, 1.82) is 0 Å². The SMILES string of the molecule is Cn1cc(N2CC(=O)NCC2=O)cn1. The molecule has 1 N–H and O–H groups in total. The molecule has 0 atom stereocenters. The molecule has 2 rings (SSSR count). The zero-order valence-electron chi connectivity index (χ0n) is 7.73. The third-order valence-corrected chi connectivity index (χ3v) is 2.04. The zero-order chi connectivity index (χ0) is 10.1. The van der Waals surface area contributed by atoms with Crippen molar-refractivity contribution in [2.24, 2.45) is 7.05 Å². The van der Waals surface area contributed by atoms with Crippen LogP contribution < -0.4 is 10.2 Å². The minimum Gasteiger partial charge on any atom is -0.345 e. The standard InChI is InChI=1S/C8H10N4O2/c1-11-4-6(2-10-11)12-5-7(13)9-3-8(12)14/h2,4H,3,5H2,1H3,(H,9,13). The second kappa shape index (κ2) is 3.13. The van der Waals surface area contributed by atoms with E-state index in [1.54, 1.807) is 24.1 Å². The summed E-state index contributed by atoms with van der Waals surface area (Å²) < 4.78 is 1.59. The highest BCUT2D eigenvalue weighted by Crippen LogP contribution is 2.13. The van der Waals surface area contributed by atoms with Crippen LogP contribution in [0, 0.1) is 0 Å². The van der Waals surface area contributed by atoms with Gasteiger partial charge in [-0.1, -0.05) is 0 Å². The van der Waals surface area contributed by atoms with E-state index in [0.717, 1.165) is 0 Å². The first kappa shape index (κ1) is 8.74. The van der Waals surface area contributed by atoms with Crippen LogP contribution in [0.5, 0.6) is 0 Å². The highest BCUT2D eigenvalue weighted by molar-refractivity contribution is 6.04. The van der Waals surface area contributed by atoms with E-state index in [2.05, 4.69) is 10.4 Å². The minimum absolute atomic E-state index is 0.0632. The van der Waals surface area contributed by atoms with Crippen molar-refractivity contribution in [3.05, 3.63) is 12.4 Å². The Bertz CT molecular complexity index is 384. The van der Waals surface area contributed by atoms with Gasteiger partial charge >= 0.3 is 0 Å². The van der Waals surface area contributed by atoms with E-state index in [0.29, 0.717) is 5.69 Å². The van der Waals surface area contributed by atoms with Gasteiger partial charge in [0.25, 0.3) is 0 Å². The number of hydrogen-bond donors (Lipinski definition) is 1. The van der Waals surface area contributed by atoms with Crippen molar-refractivity contribution in [2.75, 3.05) is 18.0 Å². The Hall–Kier alpha value is -1.85. The van der Waals surface area contributed by atoms with E-state index in [9.17, 15) is 9.59 Å². The molecular weight excluding hydrogens is 184 g/mol. The van der Waals surface area contributed by atoms with E-state index in [4.69, 9.17) is 0 Å². The van der Waals surface area contributed by atoms with Crippen molar-refractivity contribution in [3.8, 4) is 0 Å². The molecular formula is C8H10N4O2. The lowest BCUT2D eigenvalue weighted by Crippen LogP contribution is -2.51. The summed E-state index contributed by atoms with van der Waals surface area (Å²) >= 11 is 0. The Morgan fingerprint density at radius 1 is 1.50 bits per heavy atom. The maximum absolute atomic E-state index is 11.4. The van der Waals surface area contributed by atoms with Crippen LogP contribution in [-0.2, 0) is 16.6 Å². The molecule has 0 spiro atoms. The molecule has 1 aromatic rings. The second-order valence-electron chi connectivity index (χ2n) is 3.13. The fraction of sp³-hybridized carbons (Fsp3) is 0.375. The number of rotatable bonds is 1. The number of piperazine rings is 1. The molecule has 14 heavy (non-hydrogen) atoms. The van der Waals surface area contributed by atoms with E-state index in [1.807, 2.05) is 0 Å². The van der Waals surface area contributed by atoms with E-state index in [-0.39, 0.29) is 24.9 Å². The van der Waals surface area contributed by atoms with Gasteiger partial charge in [0, 0.05) is 13.2 Å². The summed E-state index contributed by atoms with van der Waals surface area (Å²) in [4.78, 5) is 23.9. The summed E-state index contributed by atoms with van der Waals surface area (Å²) in [5, 5.41) is 6.42. The molecule has 1 saturated heterocycles. The molecule has 1 fully saturated rings. The van der Waals surface area contributed by atoms with Gasteiger partial charge < -0.3 is 5.32 Å². The van der Waals surface area contributed by atoms with Crippen molar-refractivity contribution in [2.45, 2.75) is 0 Å². The first-order valence-corrected chi connectivity index (χ1v) is 4.22. The van der Waals surface area contributed by atoms with Crippen molar-refractivity contribution >= 4 is 17.5 Å². The van der Waals surface area contributed by atoms with Crippen LogP contribution in [0.25, 0.3) is 0 Å². The first-order valence-electron chi connectivity index (χ1n) is 4.22. The number of aryl methyl sites for hydroxylation is 1. The molecule has 1 aliphatic heterocycles. The average molecular weight is 194 g/mol. The molecule has 6 heteroatoms. The predicted octanol–water partition coefficient (Wildman–Crippen LogP) is -1.12. The molecule has 0 aliphatic carbocycles. The molecule has 0 aromatic carbocycles. The number of carbonyl (C=O) groups excluding carboxylic acids is 2. The third kappa shape index (κ3) is 1.46. The van der Waals surface area contributed by atoms with Crippen LogP contribution in [0.1, 0.15) is 0 Å². The Morgan fingerprint density at radius 2 is 2.29 bits per heavy atom. The number of hydrogen-bond acceptors (Lipinski definition) is 3. The molecule has 0 unspecified atom stereocenters. The van der Waals surface area contributed by atoms with Crippen molar-refractivity contribution in [1.82, 2.24) is 15.1 Å². The molecule has 1 aromatic heterocycles. The van der Waals surface area contributed by atoms with Crippen molar-refractivity contribution < 1.29 is 9.59 Å². The Morgan fingerprint density at radius 3 is 2.93 bits per heavy atom. The number of amides is 2. The van der Waals surface area contributed by atoms with E-state index < -0.39 is 0 Å². The number of aromatic nitrogens is 2. The summed E-state index contributed by atoms with van der Waals surface area (Å²) in [6.07, 6.45) is 3.27. The average Bonchev–Trinajstić information content (AvgIpc) is 2.56.